The fourth-order valence-electron chi connectivity index (χ4n) is 2.59. The molecule has 0 saturated heterocycles. The molecule has 0 bridgehead atoms. The molecule has 0 atom stereocenters. The largest absolute Gasteiger partial charge is 0.280 e. The molecule has 2 aromatic carbocycles. The van der Waals surface area contributed by atoms with Crippen LogP contribution < -0.4 is 10.9 Å². The monoisotopic (exact) mass is 340 g/mol. The highest BCUT2D eigenvalue weighted by Gasteiger charge is 2.07. The molecule has 0 aliphatic carbocycles. The molecule has 126 valence electrons. The Kier molecular flexibility index (Phi) is 4.32. The predicted molar refractivity (Wildman–Crippen MR) is 101 cm³/mol. The first kappa shape index (κ1) is 15.9. The molecule has 0 aliphatic rings. The van der Waals surface area contributed by atoms with E-state index in [-0.39, 0.29) is 0 Å². The van der Waals surface area contributed by atoms with Gasteiger partial charge < -0.3 is 0 Å². The van der Waals surface area contributed by atoms with Crippen molar-refractivity contribution in [3.05, 3.63) is 85.5 Å². The van der Waals surface area contributed by atoms with Crippen LogP contribution in [0, 0.1) is 0 Å². The molecule has 2 heterocycles. The summed E-state index contributed by atoms with van der Waals surface area (Å²) < 4.78 is 0. The van der Waals surface area contributed by atoms with Crippen molar-refractivity contribution in [1.82, 2.24) is 19.9 Å². The second kappa shape index (κ2) is 7.08. The molecule has 4 aromatic rings. The van der Waals surface area contributed by atoms with E-state index in [9.17, 15) is 0 Å². The number of rotatable bonds is 4. The summed E-state index contributed by atoms with van der Waals surface area (Å²) in [4.78, 5) is 17.0. The lowest BCUT2D eigenvalue weighted by Crippen LogP contribution is -2.24. The zero-order chi connectivity index (χ0) is 17.8. The lowest BCUT2D eigenvalue weighted by atomic mass is 10.1. The van der Waals surface area contributed by atoms with E-state index in [2.05, 4.69) is 19.9 Å². The van der Waals surface area contributed by atoms with E-state index in [1.165, 1.54) is 0 Å². The highest BCUT2D eigenvalue weighted by Crippen LogP contribution is 2.26. The lowest BCUT2D eigenvalue weighted by molar-refractivity contribution is 1.08. The van der Waals surface area contributed by atoms with Gasteiger partial charge in [0.1, 0.15) is 0 Å². The van der Waals surface area contributed by atoms with Gasteiger partial charge in [0.25, 0.3) is 0 Å². The SMILES string of the molecule is NN(c1ccc(-c2ncccn2)cc1)c1ccc(-c2ncccn2)cc1. The van der Waals surface area contributed by atoms with E-state index in [4.69, 9.17) is 5.84 Å². The number of benzene rings is 2. The molecule has 0 saturated carbocycles. The average molecular weight is 340 g/mol. The normalized spacial score (nSPS) is 10.5. The average Bonchev–Trinajstić information content (AvgIpc) is 2.75. The third-order valence-corrected chi connectivity index (χ3v) is 3.94. The number of hydrazine groups is 1. The van der Waals surface area contributed by atoms with Gasteiger partial charge in [0, 0.05) is 35.9 Å². The summed E-state index contributed by atoms with van der Waals surface area (Å²) in [6.07, 6.45) is 6.90. The quantitative estimate of drug-likeness (QED) is 0.451. The van der Waals surface area contributed by atoms with E-state index in [0.29, 0.717) is 11.6 Å². The topological polar surface area (TPSA) is 80.8 Å². The van der Waals surface area contributed by atoms with Crippen LogP contribution in [0.4, 0.5) is 11.4 Å². The first-order chi connectivity index (χ1) is 12.8. The van der Waals surface area contributed by atoms with E-state index < -0.39 is 0 Å². The third kappa shape index (κ3) is 3.26. The number of hydrogen-bond acceptors (Lipinski definition) is 6. The summed E-state index contributed by atoms with van der Waals surface area (Å²) in [5.74, 6) is 7.64. The molecule has 6 heteroatoms. The van der Waals surface area contributed by atoms with Crippen LogP contribution in [-0.4, -0.2) is 19.9 Å². The third-order valence-electron chi connectivity index (χ3n) is 3.94. The second-order valence-electron chi connectivity index (χ2n) is 5.61. The van der Waals surface area contributed by atoms with Crippen molar-refractivity contribution in [2.45, 2.75) is 0 Å². The minimum atomic E-state index is 0.690. The number of nitrogens with zero attached hydrogens (tertiary/aromatic N) is 5. The van der Waals surface area contributed by atoms with Crippen molar-refractivity contribution < 1.29 is 0 Å². The van der Waals surface area contributed by atoms with Gasteiger partial charge in [-0.2, -0.15) is 0 Å². The molecular weight excluding hydrogens is 324 g/mol. The summed E-state index contributed by atoms with van der Waals surface area (Å²) in [6, 6.07) is 19.2. The molecule has 2 N–H and O–H groups in total. The number of hydrogen-bond donors (Lipinski definition) is 1. The maximum atomic E-state index is 6.26. The lowest BCUT2D eigenvalue weighted by Gasteiger charge is -2.19. The van der Waals surface area contributed by atoms with Crippen LogP contribution in [0.15, 0.2) is 85.5 Å². The van der Waals surface area contributed by atoms with E-state index >= 15 is 0 Å². The van der Waals surface area contributed by atoms with Crippen molar-refractivity contribution in [3.63, 3.8) is 0 Å². The van der Waals surface area contributed by atoms with Crippen LogP contribution in [0.1, 0.15) is 0 Å². The zero-order valence-corrected chi connectivity index (χ0v) is 13.9. The molecular formula is C20H16N6. The van der Waals surface area contributed by atoms with Gasteiger partial charge in [0.2, 0.25) is 0 Å². The van der Waals surface area contributed by atoms with Crippen molar-refractivity contribution in [1.29, 1.82) is 0 Å². The molecule has 4 rings (SSSR count). The molecule has 6 nitrogen and oxygen atoms in total. The van der Waals surface area contributed by atoms with Crippen LogP contribution in [-0.2, 0) is 0 Å². The zero-order valence-electron chi connectivity index (χ0n) is 13.9. The number of nitrogens with two attached hydrogens (primary N) is 1. The van der Waals surface area contributed by atoms with Crippen LogP contribution in [0.25, 0.3) is 22.8 Å². The van der Waals surface area contributed by atoms with Gasteiger partial charge >= 0.3 is 0 Å². The molecule has 0 aliphatic heterocycles. The summed E-state index contributed by atoms with van der Waals surface area (Å²) >= 11 is 0. The number of anilines is 2. The predicted octanol–water partition coefficient (Wildman–Crippen LogP) is 3.61. The highest BCUT2D eigenvalue weighted by molar-refractivity contribution is 5.68. The van der Waals surface area contributed by atoms with E-state index in [1.54, 1.807) is 41.9 Å². The standard InChI is InChI=1S/C20H16N6/c21-26(17-7-3-15(4-8-17)19-22-11-1-12-23-19)18-9-5-16(6-10-18)20-24-13-2-14-25-20/h1-14H,21H2. The Labute approximate surface area is 151 Å². The van der Waals surface area contributed by atoms with Gasteiger partial charge in [-0.1, -0.05) is 0 Å². The number of aromatic nitrogens is 4. The minimum Gasteiger partial charge on any atom is -0.280 e. The van der Waals surface area contributed by atoms with Crippen LogP contribution in [0.3, 0.4) is 0 Å². The van der Waals surface area contributed by atoms with Gasteiger partial charge in [-0.15, -0.1) is 0 Å². The molecule has 0 radical (unpaired) electrons. The van der Waals surface area contributed by atoms with Crippen molar-refractivity contribution in [2.75, 3.05) is 5.01 Å². The first-order valence-electron chi connectivity index (χ1n) is 8.11. The Morgan fingerprint density at radius 3 is 1.23 bits per heavy atom. The van der Waals surface area contributed by atoms with Crippen molar-refractivity contribution >= 4 is 11.4 Å². The first-order valence-corrected chi connectivity index (χ1v) is 8.11. The molecule has 0 fully saturated rings. The molecule has 2 aromatic heterocycles. The van der Waals surface area contributed by atoms with Gasteiger partial charge in [-0.25, -0.2) is 25.8 Å². The Morgan fingerprint density at radius 2 is 0.885 bits per heavy atom. The highest BCUT2D eigenvalue weighted by atomic mass is 15.4. The van der Waals surface area contributed by atoms with Crippen molar-refractivity contribution in [3.8, 4) is 22.8 Å². The van der Waals surface area contributed by atoms with E-state index in [0.717, 1.165) is 22.5 Å². The van der Waals surface area contributed by atoms with Gasteiger partial charge in [-0.3, -0.25) is 5.01 Å². The summed E-state index contributed by atoms with van der Waals surface area (Å²) in [5, 5.41) is 1.63. The molecule has 0 amide bonds. The Bertz CT molecular complexity index is 887. The Hall–Kier alpha value is -3.64. The Balaban J connectivity index is 1.55. The Morgan fingerprint density at radius 1 is 0.538 bits per heavy atom. The minimum absolute atomic E-state index is 0.690. The summed E-state index contributed by atoms with van der Waals surface area (Å²) in [5.41, 5.74) is 3.63. The fraction of sp³-hybridized carbons (Fsp3) is 0. The fourth-order valence-corrected chi connectivity index (χ4v) is 2.59. The molecule has 0 spiro atoms. The maximum absolute atomic E-state index is 6.26. The van der Waals surface area contributed by atoms with E-state index in [1.807, 2.05) is 48.5 Å². The molecule has 26 heavy (non-hydrogen) atoms. The van der Waals surface area contributed by atoms with Crippen LogP contribution in [0.2, 0.25) is 0 Å². The second-order valence-corrected chi connectivity index (χ2v) is 5.61. The molecule has 0 unspecified atom stereocenters. The van der Waals surface area contributed by atoms with Gasteiger partial charge in [0.15, 0.2) is 11.6 Å². The maximum Gasteiger partial charge on any atom is 0.159 e. The smallest absolute Gasteiger partial charge is 0.159 e. The van der Waals surface area contributed by atoms with Crippen molar-refractivity contribution in [2.24, 2.45) is 5.84 Å². The summed E-state index contributed by atoms with van der Waals surface area (Å²) in [6.45, 7) is 0. The van der Waals surface area contributed by atoms with Crippen LogP contribution in [0.5, 0.6) is 0 Å². The van der Waals surface area contributed by atoms with Crippen LogP contribution >= 0.6 is 0 Å². The van der Waals surface area contributed by atoms with Gasteiger partial charge in [-0.05, 0) is 60.7 Å². The summed E-state index contributed by atoms with van der Waals surface area (Å²) in [7, 11) is 0. The van der Waals surface area contributed by atoms with Gasteiger partial charge in [0.05, 0.1) is 11.4 Å².